The van der Waals surface area contributed by atoms with Crippen LogP contribution in [0.2, 0.25) is 0 Å². The van der Waals surface area contributed by atoms with Gasteiger partial charge in [-0.3, -0.25) is 24.1 Å². The van der Waals surface area contributed by atoms with Crippen molar-refractivity contribution in [3.63, 3.8) is 0 Å². The first-order valence-electron chi connectivity index (χ1n) is 17.1. The summed E-state index contributed by atoms with van der Waals surface area (Å²) in [7, 11) is 0. The second-order valence-corrected chi connectivity index (χ2v) is 16.0. The Hall–Kier alpha value is -3.98. The number of thiol groups is 1. The molecule has 1 heterocycles. The fraction of sp³-hybridized carbons (Fsp3) is 0.395. The van der Waals surface area contributed by atoms with Crippen molar-refractivity contribution in [2.24, 2.45) is 5.41 Å². The molecule has 3 aromatic carbocycles. The average molecular weight is 769 g/mol. The predicted octanol–water partition coefficient (Wildman–Crippen LogP) is 5.99. The molecule has 0 saturated heterocycles. The average Bonchev–Trinajstić information content (AvgIpc) is 3.21. The van der Waals surface area contributed by atoms with Crippen LogP contribution in [0.5, 0.6) is 5.75 Å². The van der Waals surface area contributed by atoms with Gasteiger partial charge in [0, 0.05) is 10.6 Å². The van der Waals surface area contributed by atoms with Crippen LogP contribution in [0.3, 0.4) is 0 Å². The Balaban J connectivity index is 1.66. The summed E-state index contributed by atoms with van der Waals surface area (Å²) in [5.41, 5.74) is 0.435. The number of amides is 3. The molecule has 0 fully saturated rings. The summed E-state index contributed by atoms with van der Waals surface area (Å²) in [6.07, 6.45) is 7.21. The number of aliphatic carboxylic acids is 1. The lowest BCUT2D eigenvalue weighted by Gasteiger charge is -2.34. The molecule has 4 rings (SSSR count). The fourth-order valence-electron chi connectivity index (χ4n) is 6.01. The number of carboxylic acid groups (broad SMARTS) is 1. The largest absolute Gasteiger partial charge is 0.616 e. The molecule has 1 aliphatic rings. The van der Waals surface area contributed by atoms with E-state index in [1.54, 1.807) is 41.3 Å². The second-order valence-electron chi connectivity index (χ2n) is 12.5. The molecule has 0 saturated carbocycles. The molecular formula is C38H46N3O8S3. The van der Waals surface area contributed by atoms with Gasteiger partial charge in [0.05, 0.1) is 16.8 Å². The molecule has 2 unspecified atom stereocenters. The van der Waals surface area contributed by atoms with Crippen molar-refractivity contribution < 1.29 is 38.4 Å². The molecule has 11 nitrogen and oxygen atoms in total. The minimum absolute atomic E-state index is 0.164. The zero-order valence-electron chi connectivity index (χ0n) is 29.8. The van der Waals surface area contributed by atoms with Gasteiger partial charge in [-0.05, 0) is 48.9 Å². The number of ether oxygens (including phenoxy) is 1. The van der Waals surface area contributed by atoms with Crippen LogP contribution >= 0.6 is 23.5 Å². The Morgan fingerprint density at radius 1 is 0.981 bits per heavy atom. The maximum atomic E-state index is 14.7. The first-order valence-corrected chi connectivity index (χ1v) is 21.0. The molecule has 0 bridgehead atoms. The topological polar surface area (TPSA) is 165 Å². The van der Waals surface area contributed by atoms with Crippen LogP contribution in [0.15, 0.2) is 82.6 Å². The third kappa shape index (κ3) is 9.91. The van der Waals surface area contributed by atoms with Crippen molar-refractivity contribution in [2.75, 3.05) is 29.8 Å². The molecule has 0 spiro atoms. The number of hydrogen-bond donors (Lipinski definition) is 4. The van der Waals surface area contributed by atoms with E-state index in [2.05, 4.69) is 10.6 Å². The van der Waals surface area contributed by atoms with Gasteiger partial charge in [-0.2, -0.15) is 0 Å². The van der Waals surface area contributed by atoms with Crippen molar-refractivity contribution >= 4 is 74.9 Å². The highest BCUT2D eigenvalue weighted by molar-refractivity contribution is 8.14. The van der Waals surface area contributed by atoms with Gasteiger partial charge in [-0.1, -0.05) is 99.2 Å². The van der Waals surface area contributed by atoms with Gasteiger partial charge in [0.15, 0.2) is 17.8 Å². The van der Waals surface area contributed by atoms with E-state index in [1.807, 2.05) is 56.5 Å². The molecule has 3 amide bonds. The van der Waals surface area contributed by atoms with Gasteiger partial charge in [0.2, 0.25) is 11.8 Å². The molecule has 0 aromatic heterocycles. The van der Waals surface area contributed by atoms with Gasteiger partial charge < -0.3 is 25.0 Å². The number of benzene rings is 3. The maximum Gasteiger partial charge on any atom is 0.331 e. The standard InChI is InChI=1S/C38H46N3O8S3/c1-5-7-19-38(20-8-6-2)36(46)41(26-17-13-10-14-18-26)28-21-31(50-3)29(22-30(28)51-37(38)47)49-23-32(42)40-33(25-15-11-9-12-16-25)34(43)39-27(35(44)45)24-52(4)48/h9-18,21-22,27,33,51H,5-8,19-20,23-24H2,1-4H3,(H,39,43)(H,40,42)(H,44,45)/t27?,33-,52?/m1/s1. The molecule has 3 atom stereocenters. The van der Waals surface area contributed by atoms with Crippen molar-refractivity contribution in [2.45, 2.75) is 74.2 Å². The van der Waals surface area contributed by atoms with E-state index in [0.717, 1.165) is 25.7 Å². The van der Waals surface area contributed by atoms with E-state index in [0.29, 0.717) is 57.1 Å². The van der Waals surface area contributed by atoms with Crippen LogP contribution in [0.1, 0.15) is 64.0 Å². The molecule has 3 aromatic rings. The van der Waals surface area contributed by atoms with Crippen molar-refractivity contribution in [1.29, 1.82) is 0 Å². The SMILES string of the molecule is CCCCC1(CCCC)C(=O)[SH]c2cc(OCC(=O)N[C@@H](C(=O)NC(C[S+](C)[O-])C(=O)O)c3ccccc3)c(SC)cc2N(c2ccccc2)C1=O. The molecule has 3 N–H and O–H groups in total. The van der Waals surface area contributed by atoms with Gasteiger partial charge in [-0.15, -0.1) is 23.5 Å². The third-order valence-electron chi connectivity index (χ3n) is 8.75. The molecule has 1 radical (unpaired) electrons. The number of para-hydroxylation sites is 1. The van der Waals surface area contributed by atoms with E-state index in [-0.39, 0.29) is 16.8 Å². The maximum absolute atomic E-state index is 14.7. The van der Waals surface area contributed by atoms with Gasteiger partial charge >= 0.3 is 5.97 Å². The zero-order valence-corrected chi connectivity index (χ0v) is 32.3. The smallest absolute Gasteiger partial charge is 0.331 e. The Labute approximate surface area is 316 Å². The Kier molecular flexibility index (Phi) is 15.1. The monoisotopic (exact) mass is 768 g/mol. The molecule has 14 heteroatoms. The number of hydrogen-bond acceptors (Lipinski definition) is 8. The molecule has 1 aliphatic heterocycles. The van der Waals surface area contributed by atoms with Crippen LogP contribution in [0.25, 0.3) is 0 Å². The number of fused-ring (bicyclic) bond motifs is 1. The number of carboxylic acids is 1. The minimum Gasteiger partial charge on any atom is -0.616 e. The third-order valence-corrected chi connectivity index (χ3v) is 11.5. The first kappa shape index (κ1) is 40.8. The second kappa shape index (κ2) is 19.2. The van der Waals surface area contributed by atoms with Crippen molar-refractivity contribution in [1.82, 2.24) is 10.6 Å². The van der Waals surface area contributed by atoms with Crippen LogP contribution in [0, 0.1) is 5.41 Å². The number of nitrogens with one attached hydrogen (secondary N) is 2. The van der Waals surface area contributed by atoms with E-state index in [4.69, 9.17) is 4.74 Å². The highest BCUT2D eigenvalue weighted by atomic mass is 32.2. The van der Waals surface area contributed by atoms with Crippen LogP contribution in [-0.2, 0) is 35.1 Å². The number of anilines is 2. The number of unbranched alkanes of at least 4 members (excludes halogenated alkanes) is 2. The van der Waals surface area contributed by atoms with E-state index >= 15 is 0 Å². The Bertz CT molecular complexity index is 1720. The quantitative estimate of drug-likeness (QED) is 0.0527. The van der Waals surface area contributed by atoms with Gasteiger partial charge in [0.1, 0.15) is 23.0 Å². The number of nitrogens with zero attached hydrogens (tertiary/aromatic N) is 1. The van der Waals surface area contributed by atoms with Gasteiger partial charge in [0.25, 0.3) is 5.91 Å². The fourth-order valence-corrected chi connectivity index (χ4v) is 8.47. The van der Waals surface area contributed by atoms with Crippen molar-refractivity contribution in [3.8, 4) is 5.75 Å². The summed E-state index contributed by atoms with van der Waals surface area (Å²) >= 11 is 0.200. The Morgan fingerprint density at radius 2 is 1.60 bits per heavy atom. The van der Waals surface area contributed by atoms with Gasteiger partial charge in [-0.25, -0.2) is 4.79 Å². The number of thioether (sulfide) groups is 1. The normalized spacial score (nSPS) is 15.5. The molecule has 279 valence electrons. The van der Waals surface area contributed by atoms with E-state index in [1.165, 1.54) is 18.0 Å². The predicted molar refractivity (Wildman–Crippen MR) is 207 cm³/mol. The number of carbonyl (C=O) groups excluding carboxylic acids is 4. The summed E-state index contributed by atoms with van der Waals surface area (Å²) in [6, 6.07) is 18.5. The lowest BCUT2D eigenvalue weighted by atomic mass is 9.77. The Morgan fingerprint density at radius 3 is 2.15 bits per heavy atom. The van der Waals surface area contributed by atoms with Crippen LogP contribution in [-0.4, -0.2) is 69.4 Å². The highest BCUT2D eigenvalue weighted by Crippen LogP contribution is 2.51. The summed E-state index contributed by atoms with van der Waals surface area (Å²) in [4.78, 5) is 70.3. The lowest BCUT2D eigenvalue weighted by molar-refractivity contribution is -0.141. The minimum atomic E-state index is -1.50. The lowest BCUT2D eigenvalue weighted by Crippen LogP contribution is -2.50. The first-order chi connectivity index (χ1) is 24.9. The summed E-state index contributed by atoms with van der Waals surface area (Å²) in [5.74, 6) is -3.01. The number of carbonyl (C=O) groups is 5. The summed E-state index contributed by atoms with van der Waals surface area (Å²) in [5, 5.41) is 14.4. The zero-order chi connectivity index (χ0) is 37.8. The molecule has 0 aliphatic carbocycles. The summed E-state index contributed by atoms with van der Waals surface area (Å²) in [6.45, 7) is 3.58. The van der Waals surface area contributed by atoms with Crippen LogP contribution < -0.4 is 20.3 Å². The number of rotatable bonds is 18. The van der Waals surface area contributed by atoms with E-state index in [9.17, 15) is 33.6 Å². The van der Waals surface area contributed by atoms with Crippen LogP contribution in [0.4, 0.5) is 11.4 Å². The van der Waals surface area contributed by atoms with Crippen molar-refractivity contribution in [3.05, 3.63) is 78.4 Å². The molecular weight excluding hydrogens is 723 g/mol. The summed E-state index contributed by atoms with van der Waals surface area (Å²) < 4.78 is 17.8. The highest BCUT2D eigenvalue weighted by Gasteiger charge is 2.50. The van der Waals surface area contributed by atoms with E-state index < -0.39 is 53.1 Å². The molecule has 52 heavy (non-hydrogen) atoms.